The number of methoxy groups -OCH3 is 1. The van der Waals surface area contributed by atoms with Crippen molar-refractivity contribution in [2.45, 2.75) is 6.42 Å². The molecule has 2 rings (SSSR count). The van der Waals surface area contributed by atoms with E-state index >= 15 is 0 Å². The van der Waals surface area contributed by atoms with Gasteiger partial charge in [0.25, 0.3) is 0 Å². The molecule has 2 N–H and O–H groups in total. The Morgan fingerprint density at radius 2 is 2.20 bits per heavy atom. The fraction of sp³-hybridized carbons (Fsp3) is 0.200. The average Bonchev–Trinajstić information content (AvgIpc) is 2.49. The Labute approximate surface area is 117 Å². The van der Waals surface area contributed by atoms with Crippen LogP contribution in [-0.4, -0.2) is 24.7 Å². The number of carbonyl (C=O) groups is 1. The van der Waals surface area contributed by atoms with E-state index < -0.39 is 5.97 Å². The summed E-state index contributed by atoms with van der Waals surface area (Å²) in [5, 5.41) is 0. The van der Waals surface area contributed by atoms with Gasteiger partial charge < -0.3 is 15.2 Å². The van der Waals surface area contributed by atoms with Crippen molar-refractivity contribution in [1.82, 2.24) is 4.98 Å². The van der Waals surface area contributed by atoms with Gasteiger partial charge in [0.1, 0.15) is 5.75 Å². The predicted molar refractivity (Wildman–Crippen MR) is 75.6 cm³/mol. The number of hydrogen-bond acceptors (Lipinski definition) is 5. The van der Waals surface area contributed by atoms with E-state index in [1.54, 1.807) is 30.6 Å². The molecule has 1 aromatic carbocycles. The summed E-state index contributed by atoms with van der Waals surface area (Å²) in [6, 6.07) is 8.71. The molecule has 2 aromatic rings. The van der Waals surface area contributed by atoms with E-state index in [9.17, 15) is 4.79 Å². The molecule has 0 unspecified atom stereocenters. The molecule has 0 spiro atoms. The second-order valence-electron chi connectivity index (χ2n) is 4.20. The number of pyridine rings is 1. The molecule has 0 fully saturated rings. The number of benzene rings is 1. The standard InChI is InChI=1S/C15H16N2O3/c1-19-15(18)12-4-5-14(13(16)9-12)20-8-6-11-3-2-7-17-10-11/h2-5,7,9-10H,6,8,16H2,1H3. The van der Waals surface area contributed by atoms with Gasteiger partial charge in [0.15, 0.2) is 0 Å². The molecule has 0 amide bonds. The molecular formula is C15H16N2O3. The monoisotopic (exact) mass is 272 g/mol. The van der Waals surface area contributed by atoms with Gasteiger partial charge in [-0.05, 0) is 29.8 Å². The number of ether oxygens (including phenoxy) is 2. The summed E-state index contributed by atoms with van der Waals surface area (Å²) in [6.07, 6.45) is 4.27. The number of anilines is 1. The molecule has 5 heteroatoms. The van der Waals surface area contributed by atoms with Gasteiger partial charge in [0.05, 0.1) is 25.0 Å². The number of hydrogen-bond donors (Lipinski definition) is 1. The van der Waals surface area contributed by atoms with Crippen LogP contribution in [0, 0.1) is 0 Å². The van der Waals surface area contributed by atoms with Gasteiger partial charge in [-0.15, -0.1) is 0 Å². The van der Waals surface area contributed by atoms with Gasteiger partial charge in [-0.25, -0.2) is 4.79 Å². The highest BCUT2D eigenvalue weighted by Gasteiger charge is 2.08. The lowest BCUT2D eigenvalue weighted by atomic mass is 10.2. The Balaban J connectivity index is 1.95. The molecule has 1 aromatic heterocycles. The summed E-state index contributed by atoms with van der Waals surface area (Å²) >= 11 is 0. The Kier molecular flexibility index (Phi) is 4.55. The summed E-state index contributed by atoms with van der Waals surface area (Å²) in [4.78, 5) is 15.4. The van der Waals surface area contributed by atoms with Crippen molar-refractivity contribution in [3.8, 4) is 5.75 Å². The smallest absolute Gasteiger partial charge is 0.337 e. The summed E-state index contributed by atoms with van der Waals surface area (Å²) in [5.74, 6) is 0.139. The van der Waals surface area contributed by atoms with Crippen LogP contribution in [0.4, 0.5) is 5.69 Å². The van der Waals surface area contributed by atoms with Crippen molar-refractivity contribution in [3.05, 3.63) is 53.9 Å². The normalized spacial score (nSPS) is 10.1. The van der Waals surface area contributed by atoms with Crippen LogP contribution in [0.3, 0.4) is 0 Å². The van der Waals surface area contributed by atoms with Crippen molar-refractivity contribution in [2.75, 3.05) is 19.5 Å². The number of rotatable bonds is 5. The van der Waals surface area contributed by atoms with Crippen LogP contribution < -0.4 is 10.5 Å². The molecule has 0 atom stereocenters. The first-order valence-corrected chi connectivity index (χ1v) is 6.20. The van der Waals surface area contributed by atoms with Gasteiger partial charge in [-0.2, -0.15) is 0 Å². The molecule has 1 heterocycles. The molecule has 104 valence electrons. The number of nitrogens with two attached hydrogens (primary N) is 1. The lowest BCUT2D eigenvalue weighted by Gasteiger charge is -2.09. The van der Waals surface area contributed by atoms with Crippen molar-refractivity contribution >= 4 is 11.7 Å². The molecule has 0 bridgehead atoms. The number of nitrogens with zero attached hydrogens (tertiary/aromatic N) is 1. The lowest BCUT2D eigenvalue weighted by Crippen LogP contribution is -2.06. The van der Waals surface area contributed by atoms with E-state index in [1.165, 1.54) is 7.11 Å². The summed E-state index contributed by atoms with van der Waals surface area (Å²) in [6.45, 7) is 0.494. The number of aromatic nitrogens is 1. The maximum atomic E-state index is 11.4. The Morgan fingerprint density at radius 3 is 2.85 bits per heavy atom. The Bertz CT molecular complexity index is 585. The van der Waals surface area contributed by atoms with Crippen LogP contribution in [0.15, 0.2) is 42.7 Å². The van der Waals surface area contributed by atoms with Crippen molar-refractivity contribution in [1.29, 1.82) is 0 Å². The first kappa shape index (κ1) is 13.9. The zero-order chi connectivity index (χ0) is 14.4. The summed E-state index contributed by atoms with van der Waals surface area (Å²) in [5.41, 5.74) is 7.77. The zero-order valence-corrected chi connectivity index (χ0v) is 11.2. The van der Waals surface area contributed by atoms with Crippen LogP contribution in [-0.2, 0) is 11.2 Å². The quantitative estimate of drug-likeness (QED) is 0.666. The van der Waals surface area contributed by atoms with Crippen LogP contribution in [0.25, 0.3) is 0 Å². The minimum absolute atomic E-state index is 0.407. The number of carbonyl (C=O) groups excluding carboxylic acids is 1. The maximum absolute atomic E-state index is 11.4. The van der Waals surface area contributed by atoms with Gasteiger partial charge in [-0.3, -0.25) is 4.98 Å². The van der Waals surface area contributed by atoms with E-state index in [0.717, 1.165) is 12.0 Å². The molecular weight excluding hydrogens is 256 g/mol. The highest BCUT2D eigenvalue weighted by Crippen LogP contribution is 2.23. The average molecular weight is 272 g/mol. The van der Waals surface area contributed by atoms with Gasteiger partial charge >= 0.3 is 5.97 Å². The molecule has 0 saturated carbocycles. The first-order valence-electron chi connectivity index (χ1n) is 6.20. The fourth-order valence-corrected chi connectivity index (χ4v) is 1.75. The third kappa shape index (κ3) is 3.47. The van der Waals surface area contributed by atoms with E-state index in [0.29, 0.717) is 23.6 Å². The minimum atomic E-state index is -0.418. The summed E-state index contributed by atoms with van der Waals surface area (Å²) in [7, 11) is 1.33. The van der Waals surface area contributed by atoms with Crippen molar-refractivity contribution in [2.24, 2.45) is 0 Å². The second-order valence-corrected chi connectivity index (χ2v) is 4.20. The Morgan fingerprint density at radius 1 is 1.35 bits per heavy atom. The SMILES string of the molecule is COC(=O)c1ccc(OCCc2cccnc2)c(N)c1. The summed E-state index contributed by atoms with van der Waals surface area (Å²) < 4.78 is 10.2. The van der Waals surface area contributed by atoms with E-state index in [-0.39, 0.29) is 0 Å². The minimum Gasteiger partial charge on any atom is -0.491 e. The molecule has 0 aliphatic carbocycles. The van der Waals surface area contributed by atoms with Gasteiger partial charge in [0.2, 0.25) is 0 Å². The lowest BCUT2D eigenvalue weighted by molar-refractivity contribution is 0.0601. The third-order valence-electron chi connectivity index (χ3n) is 2.80. The van der Waals surface area contributed by atoms with E-state index in [1.807, 2.05) is 12.1 Å². The second kappa shape index (κ2) is 6.56. The van der Waals surface area contributed by atoms with Crippen molar-refractivity contribution < 1.29 is 14.3 Å². The molecule has 0 aliphatic rings. The predicted octanol–water partition coefficient (Wildman–Crippen LogP) is 2.07. The number of nitrogen functional groups attached to an aromatic ring is 1. The molecule has 0 aliphatic heterocycles. The van der Waals surface area contributed by atoms with Crippen LogP contribution in [0.5, 0.6) is 5.75 Å². The van der Waals surface area contributed by atoms with Gasteiger partial charge in [-0.1, -0.05) is 6.07 Å². The fourth-order valence-electron chi connectivity index (χ4n) is 1.75. The number of esters is 1. The topological polar surface area (TPSA) is 74.4 Å². The van der Waals surface area contributed by atoms with E-state index in [4.69, 9.17) is 10.5 Å². The van der Waals surface area contributed by atoms with Gasteiger partial charge in [0, 0.05) is 18.8 Å². The largest absolute Gasteiger partial charge is 0.491 e. The molecule has 0 radical (unpaired) electrons. The zero-order valence-electron chi connectivity index (χ0n) is 11.2. The maximum Gasteiger partial charge on any atom is 0.337 e. The molecule has 20 heavy (non-hydrogen) atoms. The molecule has 5 nitrogen and oxygen atoms in total. The van der Waals surface area contributed by atoms with E-state index in [2.05, 4.69) is 9.72 Å². The van der Waals surface area contributed by atoms with Crippen LogP contribution >= 0.6 is 0 Å². The van der Waals surface area contributed by atoms with Crippen LogP contribution in [0.1, 0.15) is 15.9 Å². The Hall–Kier alpha value is -2.56. The highest BCUT2D eigenvalue weighted by atomic mass is 16.5. The van der Waals surface area contributed by atoms with Crippen molar-refractivity contribution in [3.63, 3.8) is 0 Å². The van der Waals surface area contributed by atoms with Crippen LogP contribution in [0.2, 0.25) is 0 Å². The highest BCUT2D eigenvalue weighted by molar-refractivity contribution is 5.90. The first-order chi connectivity index (χ1) is 9.70. The molecule has 0 saturated heterocycles. The third-order valence-corrected chi connectivity index (χ3v) is 2.80.